The molecule has 0 atom stereocenters. The predicted molar refractivity (Wildman–Crippen MR) is 111 cm³/mol. The molecule has 0 radical (unpaired) electrons. The quantitative estimate of drug-likeness (QED) is 0.542. The van der Waals surface area contributed by atoms with Crippen LogP contribution in [-0.2, 0) is 18.4 Å². The highest BCUT2D eigenvalue weighted by molar-refractivity contribution is 7.18. The SMILES string of the molecule is CC(C)c1ccc(-c2nnc(NC(=O)Cn3cnc4c(cnn4C)c3=O)s2)cc1. The molecule has 148 valence electrons. The topological polar surface area (TPSA) is 108 Å². The molecule has 1 aromatic carbocycles. The van der Waals surface area contributed by atoms with Crippen LogP contribution in [0.15, 0.2) is 41.6 Å². The van der Waals surface area contributed by atoms with Gasteiger partial charge in [-0.15, -0.1) is 10.2 Å². The number of hydrogen-bond donors (Lipinski definition) is 1. The van der Waals surface area contributed by atoms with Crippen LogP contribution < -0.4 is 10.9 Å². The van der Waals surface area contributed by atoms with E-state index >= 15 is 0 Å². The lowest BCUT2D eigenvalue weighted by molar-refractivity contribution is -0.116. The number of benzene rings is 1. The summed E-state index contributed by atoms with van der Waals surface area (Å²) >= 11 is 1.28. The molecule has 4 rings (SSSR count). The van der Waals surface area contributed by atoms with Crippen molar-refractivity contribution in [3.63, 3.8) is 0 Å². The minimum atomic E-state index is -0.380. The van der Waals surface area contributed by atoms with Crippen LogP contribution in [-0.4, -0.2) is 35.4 Å². The number of rotatable bonds is 5. The Bertz CT molecular complexity index is 1240. The van der Waals surface area contributed by atoms with Crippen LogP contribution in [0.2, 0.25) is 0 Å². The fourth-order valence-electron chi connectivity index (χ4n) is 2.89. The molecule has 29 heavy (non-hydrogen) atoms. The molecule has 1 amide bonds. The first kappa shape index (κ1) is 18.9. The number of aryl methyl sites for hydroxylation is 1. The minimum absolute atomic E-state index is 0.172. The molecule has 4 aromatic rings. The van der Waals surface area contributed by atoms with Crippen molar-refractivity contribution in [2.75, 3.05) is 5.32 Å². The van der Waals surface area contributed by atoms with E-state index in [1.807, 2.05) is 12.1 Å². The zero-order valence-corrected chi connectivity index (χ0v) is 17.0. The van der Waals surface area contributed by atoms with Gasteiger partial charge in [-0.1, -0.05) is 49.4 Å². The summed E-state index contributed by atoms with van der Waals surface area (Å²) in [6.45, 7) is 4.11. The predicted octanol–water partition coefficient (Wildman–Crippen LogP) is 2.41. The highest BCUT2D eigenvalue weighted by atomic mass is 32.1. The lowest BCUT2D eigenvalue weighted by Crippen LogP contribution is -2.27. The highest BCUT2D eigenvalue weighted by Gasteiger charge is 2.13. The zero-order chi connectivity index (χ0) is 20.5. The molecule has 10 heteroatoms. The Hall–Kier alpha value is -3.40. The van der Waals surface area contributed by atoms with Crippen LogP contribution in [0.3, 0.4) is 0 Å². The molecular formula is C19H19N7O2S. The maximum absolute atomic E-state index is 12.5. The number of hydrogen-bond acceptors (Lipinski definition) is 7. The average Bonchev–Trinajstić information content (AvgIpc) is 3.31. The summed E-state index contributed by atoms with van der Waals surface area (Å²) in [5, 5.41) is 16.3. The number of carbonyl (C=O) groups excluding carboxylic acids is 1. The summed E-state index contributed by atoms with van der Waals surface area (Å²) < 4.78 is 2.75. The van der Waals surface area contributed by atoms with Gasteiger partial charge in [0.25, 0.3) is 5.56 Å². The monoisotopic (exact) mass is 409 g/mol. The number of nitrogens with one attached hydrogen (secondary N) is 1. The van der Waals surface area contributed by atoms with E-state index in [4.69, 9.17) is 0 Å². The van der Waals surface area contributed by atoms with Crippen molar-refractivity contribution in [1.82, 2.24) is 29.5 Å². The summed E-state index contributed by atoms with van der Waals surface area (Å²) in [5.41, 5.74) is 2.34. The Balaban J connectivity index is 1.47. The van der Waals surface area contributed by atoms with Crippen molar-refractivity contribution in [3.8, 4) is 10.6 Å². The van der Waals surface area contributed by atoms with Crippen molar-refractivity contribution in [3.05, 3.63) is 52.7 Å². The van der Waals surface area contributed by atoms with E-state index in [9.17, 15) is 9.59 Å². The van der Waals surface area contributed by atoms with Crippen LogP contribution in [0.1, 0.15) is 25.3 Å². The number of nitrogens with zero attached hydrogens (tertiary/aromatic N) is 6. The van der Waals surface area contributed by atoms with Gasteiger partial charge in [-0.2, -0.15) is 5.10 Å². The van der Waals surface area contributed by atoms with Gasteiger partial charge in [0.15, 0.2) is 5.65 Å². The first-order chi connectivity index (χ1) is 13.9. The van der Waals surface area contributed by atoms with Gasteiger partial charge in [0, 0.05) is 12.6 Å². The molecule has 1 N–H and O–H groups in total. The van der Waals surface area contributed by atoms with Crippen molar-refractivity contribution >= 4 is 33.4 Å². The Morgan fingerprint density at radius 1 is 1.21 bits per heavy atom. The van der Waals surface area contributed by atoms with Gasteiger partial charge in [-0.25, -0.2) is 4.98 Å². The molecule has 0 spiro atoms. The van der Waals surface area contributed by atoms with Crippen LogP contribution in [0, 0.1) is 0 Å². The summed E-state index contributed by atoms with van der Waals surface area (Å²) in [6.07, 6.45) is 2.79. The van der Waals surface area contributed by atoms with Gasteiger partial charge >= 0.3 is 0 Å². The van der Waals surface area contributed by atoms with Crippen LogP contribution in [0.25, 0.3) is 21.6 Å². The normalized spacial score (nSPS) is 11.3. The zero-order valence-electron chi connectivity index (χ0n) is 16.2. The van der Waals surface area contributed by atoms with Crippen molar-refractivity contribution in [1.29, 1.82) is 0 Å². The maximum Gasteiger partial charge on any atom is 0.264 e. The molecule has 0 saturated carbocycles. The Morgan fingerprint density at radius 2 is 1.97 bits per heavy atom. The molecule has 3 aromatic heterocycles. The first-order valence-electron chi connectivity index (χ1n) is 9.03. The smallest absolute Gasteiger partial charge is 0.264 e. The number of amides is 1. The average molecular weight is 409 g/mol. The molecule has 0 aliphatic carbocycles. The Morgan fingerprint density at radius 3 is 2.69 bits per heavy atom. The maximum atomic E-state index is 12.5. The van der Waals surface area contributed by atoms with E-state index in [-0.39, 0.29) is 18.0 Å². The van der Waals surface area contributed by atoms with Crippen LogP contribution in [0.4, 0.5) is 5.13 Å². The Labute approximate surface area is 170 Å². The molecule has 0 aliphatic heterocycles. The van der Waals surface area contributed by atoms with E-state index in [2.05, 4.69) is 51.6 Å². The third-order valence-corrected chi connectivity index (χ3v) is 5.42. The minimum Gasteiger partial charge on any atom is -0.299 e. The summed E-state index contributed by atoms with van der Waals surface area (Å²) in [7, 11) is 1.70. The second-order valence-electron chi connectivity index (χ2n) is 6.92. The number of carbonyl (C=O) groups is 1. The fourth-order valence-corrected chi connectivity index (χ4v) is 3.66. The van der Waals surface area contributed by atoms with Gasteiger partial charge < -0.3 is 0 Å². The second kappa shape index (κ2) is 7.55. The lowest BCUT2D eigenvalue weighted by atomic mass is 10.0. The highest BCUT2D eigenvalue weighted by Crippen LogP contribution is 2.27. The molecule has 0 unspecified atom stereocenters. The third kappa shape index (κ3) is 3.79. The van der Waals surface area contributed by atoms with Gasteiger partial charge in [-0.3, -0.25) is 24.2 Å². The van der Waals surface area contributed by atoms with Gasteiger partial charge in [0.2, 0.25) is 11.0 Å². The Kier molecular flexibility index (Phi) is 4.93. The number of anilines is 1. The summed E-state index contributed by atoms with van der Waals surface area (Å²) in [5.74, 6) is 0.0760. The van der Waals surface area contributed by atoms with E-state index in [0.717, 1.165) is 5.56 Å². The van der Waals surface area contributed by atoms with E-state index in [0.29, 0.717) is 27.1 Å². The molecule has 3 heterocycles. The summed E-state index contributed by atoms with van der Waals surface area (Å²) in [4.78, 5) is 29.0. The lowest BCUT2D eigenvalue weighted by Gasteiger charge is -2.05. The molecule has 0 fully saturated rings. The van der Waals surface area contributed by atoms with Gasteiger partial charge in [0.1, 0.15) is 23.3 Å². The van der Waals surface area contributed by atoms with E-state index < -0.39 is 0 Å². The molecule has 0 bridgehead atoms. The number of aromatic nitrogens is 6. The number of fused-ring (bicyclic) bond motifs is 1. The van der Waals surface area contributed by atoms with Crippen molar-refractivity contribution < 1.29 is 4.79 Å². The van der Waals surface area contributed by atoms with E-state index in [1.54, 1.807) is 7.05 Å². The second-order valence-corrected chi connectivity index (χ2v) is 7.90. The standard InChI is InChI=1S/C19H19N7O2S/c1-11(2)12-4-6-13(7-5-12)17-23-24-19(29-17)22-15(27)9-26-10-20-16-14(18(26)28)8-21-25(16)3/h4-8,10-11H,9H2,1-3H3,(H,22,24,27). The third-order valence-electron chi connectivity index (χ3n) is 4.53. The largest absolute Gasteiger partial charge is 0.299 e. The van der Waals surface area contributed by atoms with Crippen molar-refractivity contribution in [2.45, 2.75) is 26.3 Å². The van der Waals surface area contributed by atoms with Crippen LogP contribution in [0.5, 0.6) is 0 Å². The molecular weight excluding hydrogens is 390 g/mol. The van der Waals surface area contributed by atoms with E-state index in [1.165, 1.54) is 38.7 Å². The van der Waals surface area contributed by atoms with Crippen molar-refractivity contribution in [2.24, 2.45) is 7.05 Å². The molecule has 0 saturated heterocycles. The fraction of sp³-hybridized carbons (Fsp3) is 0.263. The summed E-state index contributed by atoms with van der Waals surface area (Å²) in [6, 6.07) is 8.12. The molecule has 9 nitrogen and oxygen atoms in total. The van der Waals surface area contributed by atoms with Gasteiger partial charge in [-0.05, 0) is 11.5 Å². The van der Waals surface area contributed by atoms with Gasteiger partial charge in [0.05, 0.1) is 6.20 Å². The first-order valence-corrected chi connectivity index (χ1v) is 9.85. The molecule has 0 aliphatic rings. The van der Waals surface area contributed by atoms with Crippen LogP contribution >= 0.6 is 11.3 Å².